The highest BCUT2D eigenvalue weighted by Crippen LogP contribution is 2.38. The van der Waals surface area contributed by atoms with Crippen molar-refractivity contribution in [2.24, 2.45) is 0 Å². The van der Waals surface area contributed by atoms with Gasteiger partial charge >= 0.3 is 0 Å². The third kappa shape index (κ3) is 71.6. The highest BCUT2D eigenvalue weighted by molar-refractivity contribution is 7.45. The van der Waals surface area contributed by atoms with Gasteiger partial charge in [-0.3, -0.25) is 9.36 Å². The number of rotatable bonds is 66. The molecule has 0 aromatic rings. The number of aliphatic hydroxyl groups is 1. The topological polar surface area (TPSA) is 108 Å². The SMILES string of the molecule is CC/C=C\C/C=C\C/C=C\C/C=C\C/C=C\C/C=C\C/C=C\C/C=C\C/C=C\C/C=C\CCCCCCCCCCCCC(=O)NC(COP(=O)([O-])OCC[N+](C)(C)C)C(O)/C=C/CC/C=C/CC/C=C/CCCCCCCCCCCCCCCCCCC. The van der Waals surface area contributed by atoms with Gasteiger partial charge in [-0.2, -0.15) is 0 Å². The van der Waals surface area contributed by atoms with Crippen LogP contribution < -0.4 is 10.2 Å². The molecule has 0 spiro atoms. The predicted octanol–water partition coefficient (Wildman–Crippen LogP) is 23.5. The number of carbonyl (C=O) groups is 1. The van der Waals surface area contributed by atoms with E-state index in [1.165, 1.54) is 154 Å². The number of nitrogens with zero attached hydrogens (tertiary/aromatic N) is 1. The van der Waals surface area contributed by atoms with Crippen LogP contribution in [0, 0.1) is 0 Å². The number of unbranched alkanes of at least 4 members (excludes halogenated alkanes) is 29. The fourth-order valence-electron chi connectivity index (χ4n) is 10.0. The van der Waals surface area contributed by atoms with Crippen molar-refractivity contribution in [3.05, 3.63) is 158 Å². The van der Waals surface area contributed by atoms with Gasteiger partial charge in [-0.1, -0.05) is 326 Å². The predicted molar refractivity (Wildman–Crippen MR) is 394 cm³/mol. The molecule has 0 saturated heterocycles. The van der Waals surface area contributed by atoms with Crippen LogP contribution in [0.5, 0.6) is 0 Å². The zero-order chi connectivity index (χ0) is 65.5. The normalized spacial score (nSPS) is 14.5. The summed E-state index contributed by atoms with van der Waals surface area (Å²) in [5, 5.41) is 13.9. The van der Waals surface area contributed by atoms with Gasteiger partial charge in [0.1, 0.15) is 13.2 Å². The Morgan fingerprint density at radius 3 is 1.03 bits per heavy atom. The number of likely N-dealkylation sites (N-methyl/N-ethyl adjacent to an activating group) is 1. The van der Waals surface area contributed by atoms with E-state index < -0.39 is 26.6 Å². The molecule has 0 fully saturated rings. The van der Waals surface area contributed by atoms with Crippen molar-refractivity contribution in [1.29, 1.82) is 0 Å². The number of nitrogens with one attached hydrogen (secondary N) is 1. The smallest absolute Gasteiger partial charge is 0.268 e. The average molecular weight is 1270 g/mol. The molecule has 0 aromatic heterocycles. The molecule has 90 heavy (non-hydrogen) atoms. The Morgan fingerprint density at radius 1 is 0.400 bits per heavy atom. The largest absolute Gasteiger partial charge is 0.756 e. The lowest BCUT2D eigenvalue weighted by molar-refractivity contribution is -0.870. The van der Waals surface area contributed by atoms with Crippen LogP contribution in [-0.4, -0.2) is 68.5 Å². The number of aliphatic hydroxyl groups excluding tert-OH is 1. The van der Waals surface area contributed by atoms with Gasteiger partial charge < -0.3 is 28.8 Å². The second-order valence-electron chi connectivity index (χ2n) is 25.5. The van der Waals surface area contributed by atoms with Crippen LogP contribution in [0.1, 0.15) is 296 Å². The highest BCUT2D eigenvalue weighted by Gasteiger charge is 2.23. The lowest BCUT2D eigenvalue weighted by atomic mass is 10.0. The summed E-state index contributed by atoms with van der Waals surface area (Å²) in [6.07, 6.45) is 108. The number of phosphoric acid groups is 1. The Bertz CT molecular complexity index is 2030. The first kappa shape index (κ1) is 86.1. The van der Waals surface area contributed by atoms with Gasteiger partial charge in [-0.25, -0.2) is 0 Å². The molecule has 0 aromatic carbocycles. The second kappa shape index (κ2) is 69.5. The summed E-state index contributed by atoms with van der Waals surface area (Å²) < 4.78 is 23.4. The summed E-state index contributed by atoms with van der Waals surface area (Å²) in [7, 11) is 1.22. The number of carbonyl (C=O) groups excluding carboxylic acids is 1. The molecule has 0 aliphatic rings. The van der Waals surface area contributed by atoms with Gasteiger partial charge in [0, 0.05) is 6.42 Å². The Kier molecular flexibility index (Phi) is 66.5. The molecule has 1 amide bonds. The van der Waals surface area contributed by atoms with Crippen LogP contribution in [-0.2, 0) is 18.4 Å². The summed E-state index contributed by atoms with van der Waals surface area (Å²) >= 11 is 0. The number of phosphoric ester groups is 1. The highest BCUT2D eigenvalue weighted by atomic mass is 31.2. The molecule has 3 unspecified atom stereocenters. The lowest BCUT2D eigenvalue weighted by Crippen LogP contribution is -2.45. The molecule has 2 N–H and O–H groups in total. The molecular weight excluding hydrogens is 1130 g/mol. The van der Waals surface area contributed by atoms with Gasteiger partial charge in [0.05, 0.1) is 39.9 Å². The first-order chi connectivity index (χ1) is 44.0. The molecule has 3 atom stereocenters. The van der Waals surface area contributed by atoms with Gasteiger partial charge in [0.2, 0.25) is 5.91 Å². The van der Waals surface area contributed by atoms with Crippen molar-refractivity contribution in [3.63, 3.8) is 0 Å². The number of allylic oxidation sites excluding steroid dienone is 25. The van der Waals surface area contributed by atoms with Crippen molar-refractivity contribution in [3.8, 4) is 0 Å². The molecule has 0 rings (SSSR count). The molecule has 0 heterocycles. The molecule has 9 heteroatoms. The minimum absolute atomic E-state index is 0.0169. The maximum absolute atomic E-state index is 13.0. The van der Waals surface area contributed by atoms with Crippen molar-refractivity contribution in [2.75, 3.05) is 40.9 Å². The van der Waals surface area contributed by atoms with E-state index in [1.54, 1.807) is 6.08 Å². The number of hydrogen-bond acceptors (Lipinski definition) is 6. The van der Waals surface area contributed by atoms with E-state index in [-0.39, 0.29) is 12.5 Å². The van der Waals surface area contributed by atoms with E-state index in [0.717, 1.165) is 122 Å². The molecule has 0 radical (unpaired) electrons. The monoisotopic (exact) mass is 1270 g/mol. The quantitative estimate of drug-likeness (QED) is 0.0272. The second-order valence-corrected chi connectivity index (χ2v) is 27.0. The van der Waals surface area contributed by atoms with Gasteiger partial charge in [-0.15, -0.1) is 0 Å². The molecular formula is C81H139N2O6P. The Labute approximate surface area is 556 Å². The molecule has 0 aliphatic carbocycles. The zero-order valence-electron chi connectivity index (χ0n) is 58.8. The molecule has 514 valence electrons. The minimum Gasteiger partial charge on any atom is -0.756 e. The van der Waals surface area contributed by atoms with Gasteiger partial charge in [0.25, 0.3) is 7.82 Å². The number of quaternary nitrogens is 1. The fourth-order valence-corrected chi connectivity index (χ4v) is 10.8. The van der Waals surface area contributed by atoms with Crippen molar-refractivity contribution >= 4 is 13.7 Å². The molecule has 0 aliphatic heterocycles. The van der Waals surface area contributed by atoms with E-state index in [9.17, 15) is 19.4 Å². The van der Waals surface area contributed by atoms with Crippen LogP contribution in [0.3, 0.4) is 0 Å². The first-order valence-corrected chi connectivity index (χ1v) is 38.3. The van der Waals surface area contributed by atoms with Crippen molar-refractivity contribution in [1.82, 2.24) is 5.32 Å². The fraction of sp³-hybridized carbons (Fsp3) is 0.667. The van der Waals surface area contributed by atoms with E-state index in [1.807, 2.05) is 27.2 Å². The summed E-state index contributed by atoms with van der Waals surface area (Å²) in [5.74, 6) is -0.220. The summed E-state index contributed by atoms with van der Waals surface area (Å²) in [5.41, 5.74) is 0. The third-order valence-corrected chi connectivity index (χ3v) is 16.7. The first-order valence-electron chi connectivity index (χ1n) is 36.8. The number of hydrogen-bond donors (Lipinski definition) is 2. The maximum Gasteiger partial charge on any atom is 0.268 e. The average Bonchev–Trinajstić information content (AvgIpc) is 3.09. The van der Waals surface area contributed by atoms with E-state index >= 15 is 0 Å². The minimum atomic E-state index is -4.63. The van der Waals surface area contributed by atoms with Gasteiger partial charge in [-0.05, 0) is 122 Å². The van der Waals surface area contributed by atoms with Crippen molar-refractivity contribution < 1.29 is 32.9 Å². The lowest BCUT2D eigenvalue weighted by Gasteiger charge is -2.29. The Morgan fingerprint density at radius 2 is 0.689 bits per heavy atom. The number of amides is 1. The van der Waals surface area contributed by atoms with Crippen LogP contribution >= 0.6 is 7.82 Å². The zero-order valence-corrected chi connectivity index (χ0v) is 59.7. The summed E-state index contributed by atoms with van der Waals surface area (Å²) in [4.78, 5) is 25.6. The van der Waals surface area contributed by atoms with Gasteiger partial charge in [0.15, 0.2) is 0 Å². The molecule has 8 nitrogen and oxygen atoms in total. The Hall–Kier alpha value is -3.88. The van der Waals surface area contributed by atoms with Crippen LogP contribution in [0.2, 0.25) is 0 Å². The Balaban J connectivity index is 4.16. The van der Waals surface area contributed by atoms with Crippen LogP contribution in [0.4, 0.5) is 0 Å². The van der Waals surface area contributed by atoms with Crippen molar-refractivity contribution in [2.45, 2.75) is 309 Å². The molecule has 0 bridgehead atoms. The van der Waals surface area contributed by atoms with E-state index in [0.29, 0.717) is 17.4 Å². The standard InChI is InChI=1S/C81H139N2O6P/c1-6-8-10-12-14-16-18-20-22-24-26-28-30-32-34-35-36-37-38-39-40-41-42-43-44-45-46-47-49-51-53-55-57-59-61-63-65-67-69-71-73-75-81(85)82-79(78-89-90(86,87)88-77-76-83(3,4)5)80(84)74-72-70-68-66-64-62-60-58-56-54-52-50-48-33-31-29-27-25-23-21-19-17-15-13-11-9-7-2/h8,10,14,16,20,22,26,28,32,34,36-37,39-40,42-43,45-46,49,51,56,58,64,66,72,74,79-80,84H,6-7,9,11-13,15,17-19,21,23-25,27,29-31,33,35,38,41,44,47-48,50,52-55,57,59-63,65,67-71,73,75-78H2,1-5H3,(H-,82,85,86,87)/b10-8-,16-14-,22-20-,28-26-,34-32-,37-36-,40-39-,43-42-,46-45-,51-49-,58-56+,66-64+,74-72+. The third-order valence-electron chi connectivity index (χ3n) is 15.7. The van der Waals surface area contributed by atoms with Crippen LogP contribution in [0.15, 0.2) is 158 Å². The van der Waals surface area contributed by atoms with Crippen LogP contribution in [0.25, 0.3) is 0 Å². The summed E-state index contributed by atoms with van der Waals surface area (Å²) in [6.45, 7) is 4.51. The van der Waals surface area contributed by atoms with E-state index in [4.69, 9.17) is 9.05 Å². The van der Waals surface area contributed by atoms with E-state index in [2.05, 4.69) is 165 Å². The maximum atomic E-state index is 13.0. The summed E-state index contributed by atoms with van der Waals surface area (Å²) in [6, 6.07) is -0.925. The molecule has 0 saturated carbocycles.